The number of hydrogen-bond acceptors (Lipinski definition) is 5. The minimum atomic E-state index is -0.332. The lowest BCUT2D eigenvalue weighted by Crippen LogP contribution is -2.31. The van der Waals surface area contributed by atoms with Gasteiger partial charge in [0.15, 0.2) is 5.78 Å². The number of carbonyl (C=O) groups excluding carboxylic acids is 1. The zero-order valence-corrected chi connectivity index (χ0v) is 19.5. The summed E-state index contributed by atoms with van der Waals surface area (Å²) in [5.41, 5.74) is 3.01. The Morgan fingerprint density at radius 3 is 2.53 bits per heavy atom. The molecule has 1 aliphatic heterocycles. The first kappa shape index (κ1) is 21.8. The summed E-state index contributed by atoms with van der Waals surface area (Å²) in [5, 5.41) is 15.8. The summed E-state index contributed by atoms with van der Waals surface area (Å²) in [4.78, 5) is 12.3. The summed E-state index contributed by atoms with van der Waals surface area (Å²) >= 11 is 0. The Morgan fingerprint density at radius 1 is 1.06 bits per heavy atom. The van der Waals surface area contributed by atoms with Crippen LogP contribution in [0.25, 0.3) is 10.8 Å². The number of rotatable bonds is 4. The van der Waals surface area contributed by atoms with E-state index in [9.17, 15) is 10.1 Å². The summed E-state index contributed by atoms with van der Waals surface area (Å²) in [7, 11) is 1.63. The standard InChI is InChI=1S/C29H26N2O3/c1-29(2)15-20(14-21(32)16-29)31-28-24(17-30)26(19-8-11-22(33-3)12-9-19)27-23-7-5-4-6-18(23)10-13-25(27)34-28/h4-14,26,31H,15-16H2,1-3H3. The number of nitrogens with one attached hydrogen (secondary N) is 1. The van der Waals surface area contributed by atoms with E-state index in [0.717, 1.165) is 33.3 Å². The molecule has 1 aliphatic carbocycles. The second kappa shape index (κ2) is 8.39. The maximum absolute atomic E-state index is 12.3. The molecule has 1 atom stereocenters. The number of allylic oxidation sites excluding steroid dienone is 3. The van der Waals surface area contributed by atoms with Crippen LogP contribution in [0.5, 0.6) is 11.5 Å². The van der Waals surface area contributed by atoms with Crippen molar-refractivity contribution in [3.05, 3.63) is 95.0 Å². The predicted octanol–water partition coefficient (Wildman–Crippen LogP) is 5.97. The third kappa shape index (κ3) is 3.92. The topological polar surface area (TPSA) is 71.3 Å². The molecule has 5 nitrogen and oxygen atoms in total. The molecule has 5 rings (SSSR count). The summed E-state index contributed by atoms with van der Waals surface area (Å²) in [5.74, 6) is 1.57. The Hall–Kier alpha value is -4.04. The van der Waals surface area contributed by atoms with Gasteiger partial charge in [0, 0.05) is 23.8 Å². The maximum Gasteiger partial charge on any atom is 0.212 e. The highest BCUT2D eigenvalue weighted by Gasteiger charge is 2.35. The average Bonchev–Trinajstić information content (AvgIpc) is 2.81. The van der Waals surface area contributed by atoms with Crippen LogP contribution in [-0.2, 0) is 4.79 Å². The van der Waals surface area contributed by atoms with Crippen molar-refractivity contribution >= 4 is 16.6 Å². The molecule has 0 radical (unpaired) electrons. The smallest absolute Gasteiger partial charge is 0.212 e. The SMILES string of the molecule is COc1ccc(C2C(C#N)=C(NC3=CC(=O)CC(C)(C)C3)Oc3ccc4ccccc4c32)cc1. The summed E-state index contributed by atoms with van der Waals surface area (Å²) in [6.45, 7) is 4.14. The summed E-state index contributed by atoms with van der Waals surface area (Å²) < 4.78 is 11.7. The van der Waals surface area contributed by atoms with E-state index in [1.165, 1.54) is 0 Å². The van der Waals surface area contributed by atoms with Crippen molar-refractivity contribution < 1.29 is 14.3 Å². The summed E-state index contributed by atoms with van der Waals surface area (Å²) in [6.07, 6.45) is 2.84. The van der Waals surface area contributed by atoms with Crippen molar-refractivity contribution in [3.8, 4) is 17.6 Å². The van der Waals surface area contributed by atoms with Crippen LogP contribution < -0.4 is 14.8 Å². The van der Waals surface area contributed by atoms with E-state index >= 15 is 0 Å². The Bertz CT molecular complexity index is 1390. The number of hydrogen-bond donors (Lipinski definition) is 1. The average molecular weight is 451 g/mol. The quantitative estimate of drug-likeness (QED) is 0.530. The first-order chi connectivity index (χ1) is 16.4. The van der Waals surface area contributed by atoms with Crippen molar-refractivity contribution in [1.82, 2.24) is 5.32 Å². The van der Waals surface area contributed by atoms with Crippen molar-refractivity contribution in [1.29, 1.82) is 5.26 Å². The largest absolute Gasteiger partial charge is 0.497 e. The first-order valence-electron chi connectivity index (χ1n) is 11.4. The van der Waals surface area contributed by atoms with E-state index in [-0.39, 0.29) is 17.1 Å². The molecular formula is C29H26N2O3. The monoisotopic (exact) mass is 450 g/mol. The molecule has 3 aromatic rings. The van der Waals surface area contributed by atoms with E-state index in [1.807, 2.05) is 48.5 Å². The van der Waals surface area contributed by atoms with Gasteiger partial charge in [0.2, 0.25) is 5.88 Å². The van der Waals surface area contributed by atoms with E-state index in [2.05, 4.69) is 37.4 Å². The zero-order chi connectivity index (χ0) is 23.9. The van der Waals surface area contributed by atoms with Crippen molar-refractivity contribution in [2.24, 2.45) is 5.41 Å². The second-order valence-electron chi connectivity index (χ2n) is 9.64. The number of methoxy groups -OCH3 is 1. The van der Waals surface area contributed by atoms with E-state index in [4.69, 9.17) is 9.47 Å². The summed E-state index contributed by atoms with van der Waals surface area (Å²) in [6, 6.07) is 22.3. The zero-order valence-electron chi connectivity index (χ0n) is 19.5. The molecule has 0 amide bonds. The fraction of sp³-hybridized carbons (Fsp3) is 0.241. The molecule has 1 N–H and O–H groups in total. The van der Waals surface area contributed by atoms with Gasteiger partial charge in [-0.3, -0.25) is 4.79 Å². The molecule has 0 bridgehead atoms. The molecule has 0 fully saturated rings. The molecule has 1 heterocycles. The van der Waals surface area contributed by atoms with Crippen LogP contribution in [0.2, 0.25) is 0 Å². The molecule has 2 aliphatic rings. The van der Waals surface area contributed by atoms with Crippen LogP contribution in [0.3, 0.4) is 0 Å². The molecule has 5 heteroatoms. The van der Waals surface area contributed by atoms with Gasteiger partial charge >= 0.3 is 0 Å². The van der Waals surface area contributed by atoms with E-state index in [0.29, 0.717) is 30.0 Å². The maximum atomic E-state index is 12.3. The first-order valence-corrected chi connectivity index (χ1v) is 11.4. The number of fused-ring (bicyclic) bond motifs is 3. The minimum Gasteiger partial charge on any atom is -0.497 e. The Balaban J connectivity index is 1.68. The van der Waals surface area contributed by atoms with Gasteiger partial charge in [0.05, 0.1) is 13.0 Å². The van der Waals surface area contributed by atoms with Gasteiger partial charge in [-0.1, -0.05) is 56.3 Å². The molecule has 0 saturated carbocycles. The molecule has 34 heavy (non-hydrogen) atoms. The molecule has 170 valence electrons. The Kier molecular flexibility index (Phi) is 5.37. The van der Waals surface area contributed by atoms with Gasteiger partial charge in [-0.15, -0.1) is 0 Å². The lowest BCUT2D eigenvalue weighted by atomic mass is 9.78. The Morgan fingerprint density at radius 2 is 1.82 bits per heavy atom. The van der Waals surface area contributed by atoms with Crippen LogP contribution in [0.4, 0.5) is 0 Å². The van der Waals surface area contributed by atoms with E-state index in [1.54, 1.807) is 13.2 Å². The highest BCUT2D eigenvalue weighted by molar-refractivity contribution is 5.92. The van der Waals surface area contributed by atoms with Gasteiger partial charge in [-0.05, 0) is 46.4 Å². The minimum absolute atomic E-state index is 0.0757. The highest BCUT2D eigenvalue weighted by atomic mass is 16.5. The van der Waals surface area contributed by atoms with Crippen LogP contribution in [0.1, 0.15) is 43.7 Å². The highest BCUT2D eigenvalue weighted by Crippen LogP contribution is 2.46. The third-order valence-electron chi connectivity index (χ3n) is 6.47. The van der Waals surface area contributed by atoms with Gasteiger partial charge in [-0.25, -0.2) is 0 Å². The van der Waals surface area contributed by atoms with Crippen LogP contribution >= 0.6 is 0 Å². The number of nitrogens with zero attached hydrogens (tertiary/aromatic N) is 1. The predicted molar refractivity (Wildman–Crippen MR) is 131 cm³/mol. The normalized spacial score (nSPS) is 19.1. The van der Waals surface area contributed by atoms with Crippen LogP contribution in [-0.4, -0.2) is 12.9 Å². The fourth-order valence-corrected chi connectivity index (χ4v) is 5.01. The van der Waals surface area contributed by atoms with Crippen LogP contribution in [0.15, 0.2) is 83.9 Å². The van der Waals surface area contributed by atoms with Gasteiger partial charge in [0.25, 0.3) is 0 Å². The third-order valence-corrected chi connectivity index (χ3v) is 6.47. The molecule has 0 saturated heterocycles. The van der Waals surface area contributed by atoms with Crippen molar-refractivity contribution in [2.45, 2.75) is 32.6 Å². The number of benzene rings is 3. The van der Waals surface area contributed by atoms with Crippen molar-refractivity contribution in [2.75, 3.05) is 7.11 Å². The number of carbonyl (C=O) groups is 1. The van der Waals surface area contributed by atoms with Gasteiger partial charge in [-0.2, -0.15) is 5.26 Å². The number of nitriles is 1. The fourth-order valence-electron chi connectivity index (χ4n) is 5.01. The number of ether oxygens (including phenoxy) is 2. The molecule has 3 aromatic carbocycles. The van der Waals surface area contributed by atoms with Gasteiger partial charge in [0.1, 0.15) is 23.1 Å². The van der Waals surface area contributed by atoms with Crippen molar-refractivity contribution in [3.63, 3.8) is 0 Å². The lowest BCUT2D eigenvalue weighted by molar-refractivity contribution is -0.117. The molecule has 1 unspecified atom stereocenters. The molecular weight excluding hydrogens is 424 g/mol. The van der Waals surface area contributed by atoms with Crippen LogP contribution in [0, 0.1) is 16.7 Å². The second-order valence-corrected chi connectivity index (χ2v) is 9.64. The molecule has 0 spiro atoms. The van der Waals surface area contributed by atoms with E-state index < -0.39 is 0 Å². The Labute approximate surface area is 199 Å². The number of ketones is 1. The molecule has 0 aromatic heterocycles. The lowest BCUT2D eigenvalue weighted by Gasteiger charge is -2.33. The van der Waals surface area contributed by atoms with Gasteiger partial charge < -0.3 is 14.8 Å².